The maximum Gasteiger partial charge on any atom is 0.253 e. The zero-order valence-electron chi connectivity index (χ0n) is 18.2. The van der Waals surface area contributed by atoms with Gasteiger partial charge in [-0.25, -0.2) is 4.39 Å². The molecule has 1 amide bonds. The fraction of sp³-hybridized carbons (Fsp3) is 0.375. The van der Waals surface area contributed by atoms with Gasteiger partial charge in [0.05, 0.1) is 16.6 Å². The second-order valence-electron chi connectivity index (χ2n) is 8.62. The fourth-order valence-corrected chi connectivity index (χ4v) is 4.90. The molecule has 2 N–H and O–H groups in total. The molecule has 0 spiro atoms. The highest BCUT2D eigenvalue weighted by atomic mass is 19.1. The van der Waals surface area contributed by atoms with Gasteiger partial charge in [0, 0.05) is 56.2 Å². The van der Waals surface area contributed by atoms with E-state index in [0.29, 0.717) is 18.5 Å². The summed E-state index contributed by atoms with van der Waals surface area (Å²) in [5.41, 5.74) is 4.21. The minimum atomic E-state index is -0.500. The summed E-state index contributed by atoms with van der Waals surface area (Å²) in [5, 5.41) is 2.46. The van der Waals surface area contributed by atoms with E-state index in [2.05, 4.69) is 25.1 Å². The molecule has 32 heavy (non-hydrogen) atoms. The number of halogens is 1. The Balaban J connectivity index is 1.29. The molecule has 5 heterocycles. The summed E-state index contributed by atoms with van der Waals surface area (Å²) < 4.78 is 14.4. The second-order valence-corrected chi connectivity index (χ2v) is 8.62. The number of carbonyl (C=O) groups is 1. The van der Waals surface area contributed by atoms with Crippen LogP contribution in [0.1, 0.15) is 34.8 Å². The van der Waals surface area contributed by atoms with E-state index in [9.17, 15) is 14.0 Å². The fourth-order valence-electron chi connectivity index (χ4n) is 4.90. The van der Waals surface area contributed by atoms with Crippen molar-refractivity contribution in [1.82, 2.24) is 20.2 Å². The van der Waals surface area contributed by atoms with Gasteiger partial charge < -0.3 is 15.2 Å². The largest absolute Gasteiger partial charge is 0.368 e. The number of piperidine rings is 1. The van der Waals surface area contributed by atoms with Crippen LogP contribution in [0.15, 0.2) is 41.3 Å². The lowest BCUT2D eigenvalue weighted by Gasteiger charge is -2.57. The van der Waals surface area contributed by atoms with Crippen molar-refractivity contribution in [3.05, 3.63) is 69.4 Å². The van der Waals surface area contributed by atoms with Crippen LogP contribution in [0.25, 0.3) is 11.0 Å². The predicted octanol–water partition coefficient (Wildman–Crippen LogP) is 2.45. The molecule has 2 atom stereocenters. The second kappa shape index (κ2) is 8.02. The topological polar surface area (TPSA) is 81.3 Å². The lowest BCUT2D eigenvalue weighted by atomic mass is 9.86. The lowest BCUT2D eigenvalue weighted by molar-refractivity contribution is -0.00848. The van der Waals surface area contributed by atoms with Crippen LogP contribution in [-0.4, -0.2) is 53.0 Å². The molecule has 3 aliphatic heterocycles. The molecular formula is C24H26FN5O2. The molecule has 8 heteroatoms. The van der Waals surface area contributed by atoms with Crippen molar-refractivity contribution < 1.29 is 9.18 Å². The van der Waals surface area contributed by atoms with Crippen LogP contribution in [0.3, 0.4) is 0 Å². The maximum absolute atomic E-state index is 14.4. The van der Waals surface area contributed by atoms with Gasteiger partial charge in [0.25, 0.3) is 11.5 Å². The van der Waals surface area contributed by atoms with E-state index < -0.39 is 11.7 Å². The van der Waals surface area contributed by atoms with E-state index >= 15 is 0 Å². The van der Waals surface area contributed by atoms with Crippen molar-refractivity contribution >= 4 is 22.6 Å². The van der Waals surface area contributed by atoms with E-state index in [0.717, 1.165) is 53.9 Å². The Kier molecular flexibility index (Phi) is 5.17. The number of pyridine rings is 2. The Hall–Kier alpha value is -3.26. The van der Waals surface area contributed by atoms with Gasteiger partial charge in [-0.1, -0.05) is 6.92 Å². The molecule has 0 saturated carbocycles. The first-order chi connectivity index (χ1) is 15.5. The van der Waals surface area contributed by atoms with Crippen LogP contribution in [0, 0.1) is 5.82 Å². The van der Waals surface area contributed by atoms with Crippen molar-refractivity contribution in [3.63, 3.8) is 0 Å². The summed E-state index contributed by atoms with van der Waals surface area (Å²) in [5.74, 6) is -0.918. The van der Waals surface area contributed by atoms with E-state index in [-0.39, 0.29) is 11.1 Å². The monoisotopic (exact) mass is 435 g/mol. The summed E-state index contributed by atoms with van der Waals surface area (Å²) in [7, 11) is 1.49. The number of hydrogen-bond donors (Lipinski definition) is 2. The molecule has 3 aliphatic rings. The first-order valence-corrected chi connectivity index (χ1v) is 11.0. The van der Waals surface area contributed by atoms with Gasteiger partial charge in [0.15, 0.2) is 0 Å². The number of H-pyrrole nitrogens is 1. The van der Waals surface area contributed by atoms with Crippen molar-refractivity contribution in [2.45, 2.75) is 38.4 Å². The van der Waals surface area contributed by atoms with Crippen LogP contribution in [0.5, 0.6) is 0 Å². The van der Waals surface area contributed by atoms with Gasteiger partial charge in [-0.2, -0.15) is 0 Å². The number of aromatic nitrogens is 2. The highest BCUT2D eigenvalue weighted by molar-refractivity contribution is 5.94. The number of fused-ring (bicyclic) bond motifs is 3. The van der Waals surface area contributed by atoms with Crippen molar-refractivity contribution in [3.8, 4) is 0 Å². The van der Waals surface area contributed by atoms with Gasteiger partial charge in [-0.3, -0.25) is 19.5 Å². The summed E-state index contributed by atoms with van der Waals surface area (Å²) in [6, 6.07) is 9.46. The van der Waals surface area contributed by atoms with Crippen molar-refractivity contribution in [2.75, 3.05) is 25.0 Å². The van der Waals surface area contributed by atoms with Crippen molar-refractivity contribution in [1.29, 1.82) is 0 Å². The number of nitrogens with one attached hydrogen (secondary N) is 2. The van der Waals surface area contributed by atoms with E-state index in [1.54, 1.807) is 6.07 Å². The summed E-state index contributed by atoms with van der Waals surface area (Å²) in [6.45, 7) is 4.36. The molecule has 3 fully saturated rings. The maximum atomic E-state index is 14.4. The third kappa shape index (κ3) is 3.54. The number of benzene rings is 1. The predicted molar refractivity (Wildman–Crippen MR) is 121 cm³/mol. The molecule has 2 bridgehead atoms. The Bertz CT molecular complexity index is 1240. The zero-order chi connectivity index (χ0) is 22.4. The summed E-state index contributed by atoms with van der Waals surface area (Å²) in [4.78, 5) is 36.0. The third-order valence-corrected chi connectivity index (χ3v) is 6.71. The standard InChI is InChI=1S/C24H26FN5O2/c1-3-15-7-21-22(28-23(15)31)6-14(10-27-21)11-30-17-8-18(30)13-29(12-17)16-4-5-19(20(25)9-16)24(32)26-2/h4-7,9-10,17-18H,3,8,11-13H2,1-2H3,(H,26,32)(H,28,31). The third-order valence-electron chi connectivity index (χ3n) is 6.71. The van der Waals surface area contributed by atoms with Gasteiger partial charge in [-0.15, -0.1) is 0 Å². The summed E-state index contributed by atoms with van der Waals surface area (Å²) in [6.07, 6.45) is 3.69. The molecule has 2 unspecified atom stereocenters. The van der Waals surface area contributed by atoms with Crippen LogP contribution in [-0.2, 0) is 13.0 Å². The highest BCUT2D eigenvalue weighted by Crippen LogP contribution is 2.36. The van der Waals surface area contributed by atoms with Gasteiger partial charge in [0.2, 0.25) is 0 Å². The number of anilines is 1. The molecule has 0 radical (unpaired) electrons. The van der Waals surface area contributed by atoms with Crippen LogP contribution in [0.2, 0.25) is 0 Å². The SMILES string of the molecule is CCc1cc2ncc(CN3C4CC3CN(c3ccc(C(=O)NC)c(F)c3)C4)cc2[nH]c1=O. The summed E-state index contributed by atoms with van der Waals surface area (Å²) >= 11 is 0. The average Bonchev–Trinajstić information content (AvgIpc) is 2.81. The quantitative estimate of drug-likeness (QED) is 0.644. The lowest BCUT2D eigenvalue weighted by Crippen LogP contribution is -2.68. The van der Waals surface area contributed by atoms with Gasteiger partial charge >= 0.3 is 0 Å². The first kappa shape index (κ1) is 20.6. The molecule has 1 aromatic carbocycles. The number of aryl methyl sites for hydroxylation is 1. The molecule has 0 aliphatic carbocycles. The normalized spacial score (nSPS) is 20.3. The Morgan fingerprint density at radius 2 is 2.03 bits per heavy atom. The number of piperazine rings is 1. The van der Waals surface area contributed by atoms with E-state index in [4.69, 9.17) is 0 Å². The Morgan fingerprint density at radius 3 is 2.72 bits per heavy atom. The number of nitrogens with zero attached hydrogens (tertiary/aromatic N) is 3. The van der Waals surface area contributed by atoms with E-state index in [1.807, 2.05) is 31.3 Å². The molecule has 7 nitrogen and oxygen atoms in total. The number of amides is 1. The molecule has 3 aromatic rings. The van der Waals surface area contributed by atoms with Gasteiger partial charge in [-0.05, 0) is 48.7 Å². The minimum Gasteiger partial charge on any atom is -0.368 e. The number of rotatable bonds is 5. The molecule has 6 rings (SSSR count). The van der Waals surface area contributed by atoms with Crippen LogP contribution < -0.4 is 15.8 Å². The Labute approximate surface area is 185 Å². The van der Waals surface area contributed by atoms with Gasteiger partial charge in [0.1, 0.15) is 5.82 Å². The number of aromatic amines is 1. The van der Waals surface area contributed by atoms with Crippen molar-refractivity contribution in [2.24, 2.45) is 0 Å². The molecule has 3 saturated heterocycles. The average molecular weight is 436 g/mol. The Morgan fingerprint density at radius 1 is 1.25 bits per heavy atom. The highest BCUT2D eigenvalue weighted by Gasteiger charge is 2.44. The molecular weight excluding hydrogens is 409 g/mol. The van der Waals surface area contributed by atoms with E-state index in [1.165, 1.54) is 13.1 Å². The molecule has 2 aromatic heterocycles. The zero-order valence-corrected chi connectivity index (χ0v) is 18.2. The number of hydrogen-bond acceptors (Lipinski definition) is 5. The minimum absolute atomic E-state index is 0.0509. The molecule has 166 valence electrons. The van der Waals surface area contributed by atoms with Crippen LogP contribution in [0.4, 0.5) is 10.1 Å². The first-order valence-electron chi connectivity index (χ1n) is 11.0. The smallest absolute Gasteiger partial charge is 0.253 e. The number of carbonyl (C=O) groups excluding carboxylic acids is 1. The van der Waals surface area contributed by atoms with Crippen LogP contribution >= 0.6 is 0 Å².